The van der Waals surface area contributed by atoms with E-state index in [4.69, 9.17) is 4.74 Å². The largest absolute Gasteiger partial charge is 0.378 e. The zero-order valence-electron chi connectivity index (χ0n) is 14.7. The molecule has 1 aromatic carbocycles. The predicted molar refractivity (Wildman–Crippen MR) is 94.8 cm³/mol. The van der Waals surface area contributed by atoms with Crippen molar-refractivity contribution in [2.45, 2.75) is 63.5 Å². The average Bonchev–Trinajstić information content (AvgIpc) is 3.24. The summed E-state index contributed by atoms with van der Waals surface area (Å²) in [5.74, 6) is 1.79. The highest BCUT2D eigenvalue weighted by Crippen LogP contribution is 2.47. The van der Waals surface area contributed by atoms with Crippen molar-refractivity contribution in [2.75, 3.05) is 13.2 Å². The molecule has 1 aromatic rings. The monoisotopic (exact) mass is 327 g/mol. The minimum Gasteiger partial charge on any atom is -0.378 e. The second-order valence-corrected chi connectivity index (χ2v) is 7.79. The van der Waals surface area contributed by atoms with E-state index in [1.807, 2.05) is 0 Å². The molecule has 2 aliphatic heterocycles. The summed E-state index contributed by atoms with van der Waals surface area (Å²) in [6.07, 6.45) is 6.86. The van der Waals surface area contributed by atoms with Gasteiger partial charge in [0.2, 0.25) is 5.91 Å². The highest BCUT2D eigenvalue weighted by atomic mass is 16.5. The maximum Gasteiger partial charge on any atom is 0.226 e. The second-order valence-electron chi connectivity index (χ2n) is 7.79. The van der Waals surface area contributed by atoms with Gasteiger partial charge in [0.05, 0.1) is 6.10 Å². The Labute approximate surface area is 145 Å². The SMILES string of the molecule is CC[C@@H]1C[C@H](C(=O)N2C[C@H](c3ccccc3)[C@H]3CCC[C@H]32)CCO1. The Bertz CT molecular complexity index is 572. The number of carbonyl (C=O) groups is 1. The van der Waals surface area contributed by atoms with Crippen molar-refractivity contribution in [3.05, 3.63) is 35.9 Å². The molecule has 2 saturated heterocycles. The van der Waals surface area contributed by atoms with E-state index in [9.17, 15) is 4.79 Å². The molecule has 0 unspecified atom stereocenters. The van der Waals surface area contributed by atoms with Crippen molar-refractivity contribution in [3.8, 4) is 0 Å². The van der Waals surface area contributed by atoms with Crippen LogP contribution in [0.3, 0.4) is 0 Å². The lowest BCUT2D eigenvalue weighted by molar-refractivity contribution is -0.141. The molecule has 1 saturated carbocycles. The van der Waals surface area contributed by atoms with Crippen LogP contribution in [0.5, 0.6) is 0 Å². The number of fused-ring (bicyclic) bond motifs is 1. The zero-order valence-corrected chi connectivity index (χ0v) is 14.7. The van der Waals surface area contributed by atoms with Crippen molar-refractivity contribution in [3.63, 3.8) is 0 Å². The molecule has 130 valence electrons. The third-order valence-corrected chi connectivity index (χ3v) is 6.52. The molecule has 0 spiro atoms. The minimum absolute atomic E-state index is 0.180. The Morgan fingerprint density at radius 1 is 1.21 bits per heavy atom. The molecule has 1 aliphatic carbocycles. The van der Waals surface area contributed by atoms with Gasteiger partial charge < -0.3 is 9.64 Å². The van der Waals surface area contributed by atoms with Crippen molar-refractivity contribution in [2.24, 2.45) is 11.8 Å². The second kappa shape index (κ2) is 6.87. The highest BCUT2D eigenvalue weighted by Gasteiger charge is 2.48. The van der Waals surface area contributed by atoms with Crippen LogP contribution in [0.25, 0.3) is 0 Å². The zero-order chi connectivity index (χ0) is 16.5. The van der Waals surface area contributed by atoms with Crippen molar-refractivity contribution in [1.29, 1.82) is 0 Å². The van der Waals surface area contributed by atoms with Gasteiger partial charge in [0.15, 0.2) is 0 Å². The molecule has 3 fully saturated rings. The summed E-state index contributed by atoms with van der Waals surface area (Å²) in [7, 11) is 0. The summed E-state index contributed by atoms with van der Waals surface area (Å²) in [5, 5.41) is 0. The summed E-state index contributed by atoms with van der Waals surface area (Å²) in [4.78, 5) is 15.5. The molecular formula is C21H29NO2. The molecule has 0 bridgehead atoms. The number of ether oxygens (including phenoxy) is 1. The van der Waals surface area contributed by atoms with Gasteiger partial charge in [-0.15, -0.1) is 0 Å². The first-order chi connectivity index (χ1) is 11.8. The lowest BCUT2D eigenvalue weighted by Gasteiger charge is -2.33. The fourth-order valence-corrected chi connectivity index (χ4v) is 5.24. The molecule has 3 nitrogen and oxygen atoms in total. The van der Waals surface area contributed by atoms with E-state index in [1.54, 1.807) is 0 Å². The number of hydrogen-bond acceptors (Lipinski definition) is 2. The first-order valence-corrected chi connectivity index (χ1v) is 9.75. The number of hydrogen-bond donors (Lipinski definition) is 0. The Morgan fingerprint density at radius 3 is 2.83 bits per heavy atom. The van der Waals surface area contributed by atoms with Gasteiger partial charge >= 0.3 is 0 Å². The Kier molecular flexibility index (Phi) is 4.62. The van der Waals surface area contributed by atoms with Crippen LogP contribution < -0.4 is 0 Å². The normalized spacial score (nSPS) is 35.9. The van der Waals surface area contributed by atoms with E-state index >= 15 is 0 Å². The van der Waals surface area contributed by atoms with Crippen molar-refractivity contribution >= 4 is 5.91 Å². The minimum atomic E-state index is 0.180. The molecule has 0 radical (unpaired) electrons. The molecule has 0 aromatic heterocycles. The Morgan fingerprint density at radius 2 is 2.04 bits per heavy atom. The average molecular weight is 327 g/mol. The molecule has 2 heterocycles. The lowest BCUT2D eigenvalue weighted by Crippen LogP contribution is -2.43. The molecule has 4 rings (SSSR count). The van der Waals surface area contributed by atoms with Gasteiger partial charge in [0.1, 0.15) is 0 Å². The first-order valence-electron chi connectivity index (χ1n) is 9.75. The van der Waals surface area contributed by atoms with E-state index in [2.05, 4.69) is 42.2 Å². The third-order valence-electron chi connectivity index (χ3n) is 6.52. The van der Waals surface area contributed by atoms with Gasteiger partial charge in [0.25, 0.3) is 0 Å². The van der Waals surface area contributed by atoms with Crippen LogP contribution in [-0.2, 0) is 9.53 Å². The van der Waals surface area contributed by atoms with Gasteiger partial charge in [-0.25, -0.2) is 0 Å². The maximum atomic E-state index is 13.3. The number of nitrogens with zero attached hydrogens (tertiary/aromatic N) is 1. The predicted octanol–water partition coefficient (Wildman–Crippen LogP) is 3.99. The maximum absolute atomic E-state index is 13.3. The van der Waals surface area contributed by atoms with Gasteiger partial charge in [-0.2, -0.15) is 0 Å². The van der Waals surface area contributed by atoms with Gasteiger partial charge in [-0.1, -0.05) is 43.7 Å². The topological polar surface area (TPSA) is 29.5 Å². The van der Waals surface area contributed by atoms with E-state index in [0.29, 0.717) is 23.8 Å². The molecule has 1 amide bonds. The molecular weight excluding hydrogens is 298 g/mol. The summed E-state index contributed by atoms with van der Waals surface area (Å²) in [6.45, 7) is 3.83. The van der Waals surface area contributed by atoms with Gasteiger partial charge in [0, 0.05) is 31.0 Å². The standard InChI is InChI=1S/C21H29NO2/c1-2-17-13-16(11-12-24-17)21(23)22-14-19(15-7-4-3-5-8-15)18-9-6-10-20(18)22/h3-5,7-8,16-20H,2,6,9-14H2,1H3/t16-,17-,18-,19-,20-/m1/s1. The number of rotatable bonds is 3. The van der Waals surface area contributed by atoms with Gasteiger partial charge in [-0.3, -0.25) is 4.79 Å². The van der Waals surface area contributed by atoms with Crippen LogP contribution in [0.2, 0.25) is 0 Å². The molecule has 3 heteroatoms. The summed E-state index contributed by atoms with van der Waals surface area (Å²) in [6, 6.07) is 11.3. The number of likely N-dealkylation sites (tertiary alicyclic amines) is 1. The summed E-state index contributed by atoms with van der Waals surface area (Å²) in [5.41, 5.74) is 1.42. The van der Waals surface area contributed by atoms with E-state index in [0.717, 1.165) is 32.4 Å². The van der Waals surface area contributed by atoms with Crippen molar-refractivity contribution < 1.29 is 9.53 Å². The Balaban J connectivity index is 1.52. The quantitative estimate of drug-likeness (QED) is 0.840. The smallest absolute Gasteiger partial charge is 0.226 e. The van der Waals surface area contributed by atoms with E-state index in [-0.39, 0.29) is 12.0 Å². The van der Waals surface area contributed by atoms with Crippen LogP contribution in [0, 0.1) is 11.8 Å². The number of carbonyl (C=O) groups excluding carboxylic acids is 1. The highest BCUT2D eigenvalue weighted by molar-refractivity contribution is 5.80. The fraction of sp³-hybridized carbons (Fsp3) is 0.667. The third kappa shape index (κ3) is 2.88. The number of benzene rings is 1. The van der Waals surface area contributed by atoms with Crippen LogP contribution in [0.1, 0.15) is 56.9 Å². The van der Waals surface area contributed by atoms with Crippen LogP contribution >= 0.6 is 0 Å². The lowest BCUT2D eigenvalue weighted by atomic mass is 9.86. The first kappa shape index (κ1) is 16.1. The molecule has 5 atom stereocenters. The van der Waals surface area contributed by atoms with Crippen LogP contribution in [-0.4, -0.2) is 36.1 Å². The molecule has 24 heavy (non-hydrogen) atoms. The van der Waals surface area contributed by atoms with E-state index < -0.39 is 0 Å². The number of amides is 1. The molecule has 0 N–H and O–H groups in total. The summed E-state index contributed by atoms with van der Waals surface area (Å²) >= 11 is 0. The van der Waals surface area contributed by atoms with Crippen LogP contribution in [0.15, 0.2) is 30.3 Å². The van der Waals surface area contributed by atoms with Gasteiger partial charge in [-0.05, 0) is 43.6 Å². The van der Waals surface area contributed by atoms with Crippen molar-refractivity contribution in [1.82, 2.24) is 4.90 Å². The molecule has 3 aliphatic rings. The van der Waals surface area contributed by atoms with E-state index in [1.165, 1.54) is 24.8 Å². The van der Waals surface area contributed by atoms with Crippen LogP contribution in [0.4, 0.5) is 0 Å². The summed E-state index contributed by atoms with van der Waals surface area (Å²) < 4.78 is 5.78. The Hall–Kier alpha value is -1.35. The fourth-order valence-electron chi connectivity index (χ4n) is 5.24.